The number of halogens is 1. The zero-order valence-corrected chi connectivity index (χ0v) is 15.9. The van der Waals surface area contributed by atoms with Crippen molar-refractivity contribution >= 4 is 39.5 Å². The minimum atomic E-state index is -0.400. The summed E-state index contributed by atoms with van der Waals surface area (Å²) in [5.74, 6) is 0.396. The van der Waals surface area contributed by atoms with Gasteiger partial charge in [0, 0.05) is 16.5 Å². The predicted molar refractivity (Wildman–Crippen MR) is 110 cm³/mol. The second-order valence-corrected chi connectivity index (χ2v) is 7.74. The Morgan fingerprint density at radius 1 is 1.25 bits per heavy atom. The van der Waals surface area contributed by atoms with Crippen molar-refractivity contribution in [3.8, 4) is 5.69 Å². The zero-order chi connectivity index (χ0) is 19.4. The summed E-state index contributed by atoms with van der Waals surface area (Å²) in [6, 6.07) is 13.1. The van der Waals surface area contributed by atoms with Crippen molar-refractivity contribution in [1.82, 2.24) is 9.55 Å². The molecule has 4 aromatic rings. The number of hydrogen-bond acceptors (Lipinski definition) is 5. The zero-order valence-electron chi connectivity index (χ0n) is 15.1. The molecule has 0 bridgehead atoms. The minimum Gasteiger partial charge on any atom is -0.450 e. The van der Waals surface area contributed by atoms with Crippen LogP contribution in [0.15, 0.2) is 51.7 Å². The van der Waals surface area contributed by atoms with Crippen LogP contribution in [-0.2, 0) is 0 Å². The number of benzene rings is 2. The van der Waals surface area contributed by atoms with Crippen LogP contribution in [0.4, 0.5) is 5.82 Å². The van der Waals surface area contributed by atoms with Gasteiger partial charge in [-0.25, -0.2) is 4.79 Å². The molecule has 142 valence electrons. The third-order valence-electron chi connectivity index (χ3n) is 5.18. The van der Waals surface area contributed by atoms with Gasteiger partial charge < -0.3 is 14.8 Å². The maximum atomic E-state index is 13.0. The molecule has 1 fully saturated rings. The van der Waals surface area contributed by atoms with E-state index in [9.17, 15) is 9.90 Å². The van der Waals surface area contributed by atoms with Gasteiger partial charge in [-0.3, -0.25) is 4.57 Å². The molecule has 2 aromatic carbocycles. The molecule has 2 aromatic heterocycles. The van der Waals surface area contributed by atoms with Gasteiger partial charge in [-0.05, 0) is 55.7 Å². The fourth-order valence-electron chi connectivity index (χ4n) is 3.73. The summed E-state index contributed by atoms with van der Waals surface area (Å²) in [6.07, 6.45) is 0.932. The fourth-order valence-corrected chi connectivity index (χ4v) is 3.91. The number of aliphatic hydroxyl groups is 1. The molecule has 1 saturated carbocycles. The molecule has 1 aliphatic carbocycles. The van der Waals surface area contributed by atoms with Crippen molar-refractivity contribution in [2.24, 2.45) is 0 Å². The van der Waals surface area contributed by atoms with Crippen LogP contribution in [0.1, 0.15) is 18.4 Å². The van der Waals surface area contributed by atoms with Gasteiger partial charge in [0.25, 0.3) is 0 Å². The Kier molecular flexibility index (Phi) is 3.92. The third-order valence-corrected chi connectivity index (χ3v) is 5.41. The maximum absolute atomic E-state index is 13.0. The molecular weight excluding hydrogens is 378 g/mol. The molecule has 0 unspecified atom stereocenters. The van der Waals surface area contributed by atoms with Gasteiger partial charge in [-0.15, -0.1) is 0 Å². The van der Waals surface area contributed by atoms with Crippen molar-refractivity contribution < 1.29 is 9.52 Å². The minimum absolute atomic E-state index is 0.0664. The molecule has 0 aliphatic heterocycles. The molecule has 0 radical (unpaired) electrons. The van der Waals surface area contributed by atoms with Crippen molar-refractivity contribution in [2.75, 3.05) is 5.32 Å². The molecule has 0 saturated heterocycles. The highest BCUT2D eigenvalue weighted by Gasteiger charge is 2.29. The molecule has 0 amide bonds. The topological polar surface area (TPSA) is 80.3 Å². The summed E-state index contributed by atoms with van der Waals surface area (Å²) in [7, 11) is 0. The average Bonchev–Trinajstić information content (AvgIpc) is 2.99. The number of aromatic nitrogens is 2. The number of furan rings is 1. The van der Waals surface area contributed by atoms with E-state index in [4.69, 9.17) is 16.0 Å². The lowest BCUT2D eigenvalue weighted by atomic mass is 9.89. The maximum Gasteiger partial charge on any atom is 0.354 e. The van der Waals surface area contributed by atoms with Gasteiger partial charge in [-0.2, -0.15) is 4.98 Å². The number of hydrogen-bond donors (Lipinski definition) is 2. The van der Waals surface area contributed by atoms with Crippen LogP contribution in [0.2, 0.25) is 5.02 Å². The lowest BCUT2D eigenvalue weighted by Crippen LogP contribution is -2.39. The highest BCUT2D eigenvalue weighted by atomic mass is 35.5. The van der Waals surface area contributed by atoms with Gasteiger partial charge in [0.15, 0.2) is 11.4 Å². The van der Waals surface area contributed by atoms with E-state index in [0.29, 0.717) is 40.4 Å². The molecule has 2 N–H and O–H groups in total. The lowest BCUT2D eigenvalue weighted by Gasteiger charge is -2.32. The summed E-state index contributed by atoms with van der Waals surface area (Å²) in [5.41, 5.74) is 3.11. The van der Waals surface area contributed by atoms with Crippen molar-refractivity contribution in [2.45, 2.75) is 31.9 Å². The Morgan fingerprint density at radius 2 is 2.07 bits per heavy atom. The molecular formula is C21H18ClN3O3. The number of nitrogens with zero attached hydrogens (tertiary/aromatic N) is 2. The number of fused-ring (bicyclic) bond motifs is 3. The van der Waals surface area contributed by atoms with Gasteiger partial charge >= 0.3 is 5.69 Å². The Hall–Kier alpha value is -2.83. The fraction of sp³-hybridized carbons (Fsp3) is 0.238. The van der Waals surface area contributed by atoms with Crippen LogP contribution >= 0.6 is 11.6 Å². The number of aryl methyl sites for hydroxylation is 1. The molecule has 2 heterocycles. The Morgan fingerprint density at radius 3 is 2.82 bits per heavy atom. The largest absolute Gasteiger partial charge is 0.450 e. The SMILES string of the molecule is Cc1cccc(-n2c(=O)nc(NC3CC(O)C3)c3oc4ccc(Cl)cc4c32)c1. The molecule has 7 heteroatoms. The first-order valence-electron chi connectivity index (χ1n) is 9.16. The average molecular weight is 396 g/mol. The highest BCUT2D eigenvalue weighted by Crippen LogP contribution is 2.35. The van der Waals surface area contributed by atoms with Gasteiger partial charge in [0.05, 0.1) is 11.8 Å². The first-order chi connectivity index (χ1) is 13.5. The normalized spacial score (nSPS) is 19.1. The van der Waals surface area contributed by atoms with Gasteiger partial charge in [-0.1, -0.05) is 23.7 Å². The van der Waals surface area contributed by atoms with E-state index in [0.717, 1.165) is 16.6 Å². The molecule has 0 spiro atoms. The molecule has 0 atom stereocenters. The van der Waals surface area contributed by atoms with E-state index in [2.05, 4.69) is 10.3 Å². The van der Waals surface area contributed by atoms with Crippen LogP contribution in [0, 0.1) is 6.92 Å². The number of aliphatic hydroxyl groups excluding tert-OH is 1. The summed E-state index contributed by atoms with van der Waals surface area (Å²) < 4.78 is 7.64. The summed E-state index contributed by atoms with van der Waals surface area (Å²) in [5, 5.41) is 14.1. The van der Waals surface area contributed by atoms with E-state index in [1.165, 1.54) is 0 Å². The van der Waals surface area contributed by atoms with E-state index in [-0.39, 0.29) is 12.1 Å². The smallest absolute Gasteiger partial charge is 0.354 e. The van der Waals surface area contributed by atoms with E-state index < -0.39 is 5.69 Å². The number of nitrogens with one attached hydrogen (secondary N) is 1. The van der Waals surface area contributed by atoms with Gasteiger partial charge in [0.2, 0.25) is 0 Å². The van der Waals surface area contributed by atoms with Crippen molar-refractivity contribution in [3.05, 3.63) is 63.5 Å². The molecule has 6 nitrogen and oxygen atoms in total. The van der Waals surface area contributed by atoms with Crippen LogP contribution < -0.4 is 11.0 Å². The first-order valence-corrected chi connectivity index (χ1v) is 9.54. The second kappa shape index (κ2) is 6.36. The van der Waals surface area contributed by atoms with Gasteiger partial charge in [0.1, 0.15) is 11.1 Å². The molecule has 28 heavy (non-hydrogen) atoms. The van der Waals surface area contributed by atoms with Crippen molar-refractivity contribution in [3.63, 3.8) is 0 Å². The Balaban J connectivity index is 1.82. The van der Waals surface area contributed by atoms with Crippen LogP contribution in [0.3, 0.4) is 0 Å². The van der Waals surface area contributed by atoms with E-state index in [1.807, 2.05) is 31.2 Å². The third kappa shape index (κ3) is 2.77. The lowest BCUT2D eigenvalue weighted by molar-refractivity contribution is 0.0835. The first kappa shape index (κ1) is 17.3. The van der Waals surface area contributed by atoms with E-state index in [1.54, 1.807) is 22.8 Å². The monoisotopic (exact) mass is 395 g/mol. The number of rotatable bonds is 3. The van der Waals surface area contributed by atoms with E-state index >= 15 is 0 Å². The van der Waals surface area contributed by atoms with Crippen LogP contribution in [0.25, 0.3) is 27.8 Å². The summed E-state index contributed by atoms with van der Waals surface area (Å²) >= 11 is 6.22. The van der Waals surface area contributed by atoms with Crippen molar-refractivity contribution in [1.29, 1.82) is 0 Å². The van der Waals surface area contributed by atoms with Crippen LogP contribution in [0.5, 0.6) is 0 Å². The summed E-state index contributed by atoms with van der Waals surface area (Å²) in [4.78, 5) is 17.3. The molecule has 1 aliphatic rings. The molecule has 5 rings (SSSR count). The Labute approximate surface area is 165 Å². The standard InChI is InChI=1S/C21H18ClN3O3/c1-11-3-2-4-14(7-11)25-18-16-8-12(22)5-6-17(16)28-19(18)20(24-21(25)27)23-13-9-15(26)10-13/h2-8,13,15,26H,9-10H2,1H3,(H,23,24,27). The predicted octanol–water partition coefficient (Wildman–Crippen LogP) is 4.03. The van der Waals surface area contributed by atoms with Crippen LogP contribution in [-0.4, -0.2) is 26.8 Å². The Bertz CT molecular complexity index is 1270. The number of anilines is 1. The quantitative estimate of drug-likeness (QED) is 0.547. The second-order valence-electron chi connectivity index (χ2n) is 7.30. The highest BCUT2D eigenvalue weighted by molar-refractivity contribution is 6.31. The summed E-state index contributed by atoms with van der Waals surface area (Å²) in [6.45, 7) is 1.97.